The maximum Gasteiger partial charge on any atom is 0.135 e. The van der Waals surface area contributed by atoms with Crippen molar-refractivity contribution < 1.29 is 4.39 Å². The minimum atomic E-state index is -0.310. The van der Waals surface area contributed by atoms with Gasteiger partial charge in [0.15, 0.2) is 0 Å². The monoisotopic (exact) mass is 366 g/mol. The fourth-order valence-corrected chi connectivity index (χ4v) is 2.70. The molecule has 5 heteroatoms. The lowest BCUT2D eigenvalue weighted by Gasteiger charge is -2.10. The third-order valence-corrected chi connectivity index (χ3v) is 4.45. The highest BCUT2D eigenvalue weighted by Crippen LogP contribution is 2.39. The Labute approximate surface area is 128 Å². The summed E-state index contributed by atoms with van der Waals surface area (Å²) < 4.78 is 14.2. The number of halogens is 5. The molecule has 0 bridgehead atoms. The van der Waals surface area contributed by atoms with Gasteiger partial charge in [-0.15, -0.1) is 0 Å². The molecule has 0 nitrogen and oxygen atoms in total. The van der Waals surface area contributed by atoms with Crippen molar-refractivity contribution in [1.29, 1.82) is 0 Å². The number of hydrogen-bond acceptors (Lipinski definition) is 0. The number of hydrogen-bond donors (Lipinski definition) is 0. The first kappa shape index (κ1) is 14.1. The lowest BCUT2D eigenvalue weighted by molar-refractivity contribution is 0.621. The summed E-state index contributed by atoms with van der Waals surface area (Å²) in [5.41, 5.74) is 1.51. The molecule has 0 saturated carbocycles. The van der Waals surface area contributed by atoms with Gasteiger partial charge in [0.1, 0.15) is 5.82 Å². The molecule has 2 rings (SSSR count). The first-order valence-electron chi connectivity index (χ1n) is 5.03. The van der Waals surface area contributed by atoms with Crippen molar-refractivity contribution in [3.63, 3.8) is 0 Å². The zero-order valence-electron chi connectivity index (χ0n) is 8.98. The predicted octanol–water partition coefficient (Wildman–Crippen LogP) is 6.35. The molecular formula is C13H7BrCl3F. The second kappa shape index (κ2) is 5.79. The molecule has 0 unspecified atom stereocenters. The van der Waals surface area contributed by atoms with E-state index in [0.717, 1.165) is 0 Å². The standard InChI is InChI=1S/C13H7BrCl3F/c14-6-7-2-1-3-9(13(7)18)8-4-5-10(15)12(17)11(8)16/h1-5H,6H2. The molecule has 0 amide bonds. The average molecular weight is 368 g/mol. The summed E-state index contributed by atoms with van der Waals surface area (Å²) in [6.07, 6.45) is 0. The highest BCUT2D eigenvalue weighted by Gasteiger charge is 2.15. The van der Waals surface area contributed by atoms with E-state index in [1.54, 1.807) is 30.3 Å². The van der Waals surface area contributed by atoms with E-state index in [1.165, 1.54) is 0 Å². The first-order chi connectivity index (χ1) is 8.56. The maximum absolute atomic E-state index is 14.2. The summed E-state index contributed by atoms with van der Waals surface area (Å²) in [4.78, 5) is 0. The van der Waals surface area contributed by atoms with Crippen molar-refractivity contribution in [2.45, 2.75) is 5.33 Å². The number of alkyl halides is 1. The Kier molecular flexibility index (Phi) is 4.54. The van der Waals surface area contributed by atoms with Crippen LogP contribution in [0.3, 0.4) is 0 Å². The van der Waals surface area contributed by atoms with Gasteiger partial charge in [0.2, 0.25) is 0 Å². The Bertz CT molecular complexity index is 599. The molecule has 0 N–H and O–H groups in total. The molecule has 0 radical (unpaired) electrons. The molecule has 0 atom stereocenters. The van der Waals surface area contributed by atoms with Gasteiger partial charge in [0, 0.05) is 16.5 Å². The summed E-state index contributed by atoms with van der Waals surface area (Å²) in [5.74, 6) is -0.310. The smallest absolute Gasteiger partial charge is 0.135 e. The molecule has 94 valence electrons. The van der Waals surface area contributed by atoms with Gasteiger partial charge in [-0.1, -0.05) is 75.0 Å². The third kappa shape index (κ3) is 2.53. The van der Waals surface area contributed by atoms with E-state index in [1.807, 2.05) is 0 Å². The fourth-order valence-electron chi connectivity index (χ4n) is 1.62. The van der Waals surface area contributed by atoms with E-state index >= 15 is 0 Å². The topological polar surface area (TPSA) is 0 Å². The van der Waals surface area contributed by atoms with E-state index in [9.17, 15) is 4.39 Å². The molecule has 0 saturated heterocycles. The van der Waals surface area contributed by atoms with Gasteiger partial charge in [-0.25, -0.2) is 4.39 Å². The second-order valence-electron chi connectivity index (χ2n) is 3.64. The summed E-state index contributed by atoms with van der Waals surface area (Å²) in [6, 6.07) is 8.40. The zero-order chi connectivity index (χ0) is 13.3. The Morgan fingerprint density at radius 1 is 0.944 bits per heavy atom. The molecule has 0 aliphatic heterocycles. The SMILES string of the molecule is Fc1c(CBr)cccc1-c1ccc(Cl)c(Cl)c1Cl. The molecule has 0 spiro atoms. The Morgan fingerprint density at radius 3 is 2.33 bits per heavy atom. The van der Waals surface area contributed by atoms with Crippen molar-refractivity contribution >= 4 is 50.7 Å². The van der Waals surface area contributed by atoms with E-state index in [-0.39, 0.29) is 15.9 Å². The van der Waals surface area contributed by atoms with Gasteiger partial charge >= 0.3 is 0 Å². The Hall–Kier alpha value is -0.280. The number of rotatable bonds is 2. The molecule has 18 heavy (non-hydrogen) atoms. The highest BCUT2D eigenvalue weighted by atomic mass is 79.9. The molecule has 0 aliphatic rings. The molecule has 0 aromatic heterocycles. The van der Waals surface area contributed by atoms with Gasteiger partial charge in [0.05, 0.1) is 15.1 Å². The summed E-state index contributed by atoms with van der Waals surface area (Å²) in [6.45, 7) is 0. The molecule has 2 aromatic carbocycles. The van der Waals surface area contributed by atoms with Crippen molar-refractivity contribution in [3.8, 4) is 11.1 Å². The van der Waals surface area contributed by atoms with Crippen LogP contribution >= 0.6 is 50.7 Å². The van der Waals surface area contributed by atoms with Crippen LogP contribution in [0.4, 0.5) is 4.39 Å². The normalized spacial score (nSPS) is 10.7. The van der Waals surface area contributed by atoms with Gasteiger partial charge < -0.3 is 0 Å². The molecule has 2 aromatic rings. The molecule has 0 aliphatic carbocycles. The second-order valence-corrected chi connectivity index (χ2v) is 5.36. The van der Waals surface area contributed by atoms with Crippen LogP contribution in [0.1, 0.15) is 5.56 Å². The molecule has 0 heterocycles. The van der Waals surface area contributed by atoms with Crippen LogP contribution in [0.25, 0.3) is 11.1 Å². The quantitative estimate of drug-likeness (QED) is 0.428. The maximum atomic E-state index is 14.2. The lowest BCUT2D eigenvalue weighted by Crippen LogP contribution is -1.91. The van der Waals surface area contributed by atoms with Gasteiger partial charge in [0.25, 0.3) is 0 Å². The minimum absolute atomic E-state index is 0.236. The van der Waals surface area contributed by atoms with Crippen LogP contribution in [0, 0.1) is 5.82 Å². The minimum Gasteiger partial charge on any atom is -0.206 e. The summed E-state index contributed by atoms with van der Waals surface area (Å²) >= 11 is 21.2. The predicted molar refractivity (Wildman–Crippen MR) is 79.5 cm³/mol. The summed E-state index contributed by atoms with van der Waals surface area (Å²) in [7, 11) is 0. The van der Waals surface area contributed by atoms with Crippen molar-refractivity contribution in [3.05, 3.63) is 56.8 Å². The average Bonchev–Trinajstić information content (AvgIpc) is 2.37. The summed E-state index contributed by atoms with van der Waals surface area (Å²) in [5, 5.41) is 1.28. The zero-order valence-corrected chi connectivity index (χ0v) is 12.8. The van der Waals surface area contributed by atoms with Crippen molar-refractivity contribution in [2.24, 2.45) is 0 Å². The van der Waals surface area contributed by atoms with Crippen LogP contribution in [-0.2, 0) is 5.33 Å². The van der Waals surface area contributed by atoms with E-state index in [0.29, 0.717) is 27.0 Å². The van der Waals surface area contributed by atoms with Gasteiger partial charge in [-0.05, 0) is 11.6 Å². The Morgan fingerprint density at radius 2 is 1.67 bits per heavy atom. The fraction of sp³-hybridized carbons (Fsp3) is 0.0769. The molecular weight excluding hydrogens is 361 g/mol. The van der Waals surface area contributed by atoms with Crippen molar-refractivity contribution in [1.82, 2.24) is 0 Å². The van der Waals surface area contributed by atoms with Crippen LogP contribution in [0.2, 0.25) is 15.1 Å². The van der Waals surface area contributed by atoms with Gasteiger partial charge in [-0.3, -0.25) is 0 Å². The molecule has 0 fully saturated rings. The third-order valence-electron chi connectivity index (χ3n) is 2.55. The van der Waals surface area contributed by atoms with Crippen LogP contribution in [0.5, 0.6) is 0 Å². The lowest BCUT2D eigenvalue weighted by atomic mass is 10.0. The van der Waals surface area contributed by atoms with Crippen LogP contribution in [-0.4, -0.2) is 0 Å². The van der Waals surface area contributed by atoms with E-state index in [2.05, 4.69) is 15.9 Å². The largest absolute Gasteiger partial charge is 0.206 e. The first-order valence-corrected chi connectivity index (χ1v) is 7.29. The van der Waals surface area contributed by atoms with Crippen LogP contribution in [0.15, 0.2) is 30.3 Å². The number of benzene rings is 2. The van der Waals surface area contributed by atoms with Crippen LogP contribution < -0.4 is 0 Å². The van der Waals surface area contributed by atoms with Crippen molar-refractivity contribution in [2.75, 3.05) is 0 Å². The van der Waals surface area contributed by atoms with E-state index < -0.39 is 0 Å². The van der Waals surface area contributed by atoms with Gasteiger partial charge in [-0.2, -0.15) is 0 Å². The highest BCUT2D eigenvalue weighted by molar-refractivity contribution is 9.08. The van der Waals surface area contributed by atoms with E-state index in [4.69, 9.17) is 34.8 Å². The Balaban J connectivity index is 2.66.